The molecule has 0 amide bonds. The number of halogens is 1. The maximum absolute atomic E-state index is 12.5. The van der Waals surface area contributed by atoms with E-state index in [0.717, 1.165) is 11.0 Å². The van der Waals surface area contributed by atoms with Crippen LogP contribution in [-0.2, 0) is 6.54 Å². The molecule has 3 rings (SSSR count). The first-order valence-electron chi connectivity index (χ1n) is 7.33. The summed E-state index contributed by atoms with van der Waals surface area (Å²) in [5.41, 5.74) is 1.60. The van der Waals surface area contributed by atoms with Crippen LogP contribution in [0.4, 0.5) is 0 Å². The van der Waals surface area contributed by atoms with Crippen molar-refractivity contribution in [2.24, 2.45) is 0 Å². The van der Waals surface area contributed by atoms with Gasteiger partial charge in [0.1, 0.15) is 13.4 Å². The fourth-order valence-corrected chi connectivity index (χ4v) is 2.70. The third-order valence-electron chi connectivity index (χ3n) is 3.76. The molecule has 0 aliphatic heterocycles. The number of carbonyl (C=O) groups is 1. The summed E-state index contributed by atoms with van der Waals surface area (Å²) in [6, 6.07) is 14.6. The third-order valence-corrected chi connectivity index (χ3v) is 4.13. The van der Waals surface area contributed by atoms with Crippen molar-refractivity contribution in [1.29, 1.82) is 0 Å². The average Bonchev–Trinajstić information content (AvgIpc) is 2.87. The van der Waals surface area contributed by atoms with E-state index in [-0.39, 0.29) is 12.1 Å². The van der Waals surface area contributed by atoms with Crippen LogP contribution in [0.25, 0.3) is 5.69 Å². The van der Waals surface area contributed by atoms with Gasteiger partial charge in [-0.05, 0) is 23.8 Å². The summed E-state index contributed by atoms with van der Waals surface area (Å²) in [6.45, 7) is 0.288. The van der Waals surface area contributed by atoms with Crippen molar-refractivity contribution in [2.45, 2.75) is 6.54 Å². The highest BCUT2D eigenvalue weighted by Crippen LogP contribution is 2.17. The van der Waals surface area contributed by atoms with Crippen LogP contribution >= 0.6 is 11.6 Å². The van der Waals surface area contributed by atoms with E-state index >= 15 is 0 Å². The Morgan fingerprint density at radius 3 is 2.42 bits per heavy atom. The largest absolute Gasteiger partial charge is 0.477 e. The molecule has 3 aromatic rings. The molecule has 0 aliphatic carbocycles. The van der Waals surface area contributed by atoms with E-state index in [9.17, 15) is 14.7 Å². The lowest BCUT2D eigenvalue weighted by atomic mass is 9.96. The summed E-state index contributed by atoms with van der Waals surface area (Å²) >= 11 is 6.19. The molecule has 120 valence electrons. The highest BCUT2D eigenvalue weighted by molar-refractivity contribution is 6.32. The highest BCUT2D eigenvalue weighted by atomic mass is 35.5. The molecule has 0 fully saturated rings. The van der Waals surface area contributed by atoms with Gasteiger partial charge in [-0.1, -0.05) is 47.4 Å². The number of hydrogen-bond donors (Lipinski definition) is 1. The molecule has 2 aromatic carbocycles. The van der Waals surface area contributed by atoms with E-state index in [1.54, 1.807) is 22.9 Å². The Hall–Kier alpha value is -2.73. The molecule has 7 heteroatoms. The molecule has 0 radical (unpaired) electrons. The van der Waals surface area contributed by atoms with Crippen LogP contribution in [-0.4, -0.2) is 28.3 Å². The summed E-state index contributed by atoms with van der Waals surface area (Å²) in [5.74, 6) is -1.25. The zero-order valence-electron chi connectivity index (χ0n) is 12.9. The van der Waals surface area contributed by atoms with Crippen LogP contribution in [0.5, 0.6) is 0 Å². The molecular weight excluding hydrogens is 326 g/mol. The minimum atomic E-state index is -1.25. The second-order valence-corrected chi connectivity index (χ2v) is 5.90. The van der Waals surface area contributed by atoms with Crippen LogP contribution in [0.15, 0.2) is 59.5 Å². The summed E-state index contributed by atoms with van der Waals surface area (Å²) in [6.07, 6.45) is 1.34. The first-order valence-corrected chi connectivity index (χ1v) is 7.71. The first kappa shape index (κ1) is 16.1. The number of carboxylic acid groups (broad SMARTS) is 1. The fraction of sp³-hybridized carbons (Fsp3) is 0.0588. The van der Waals surface area contributed by atoms with E-state index in [1.165, 1.54) is 10.9 Å². The molecule has 0 bridgehead atoms. The van der Waals surface area contributed by atoms with Crippen molar-refractivity contribution < 1.29 is 9.90 Å². The minimum absolute atomic E-state index is 0.275. The van der Waals surface area contributed by atoms with Gasteiger partial charge >= 0.3 is 5.97 Å². The summed E-state index contributed by atoms with van der Waals surface area (Å²) in [5, 5.41) is 9.82. The van der Waals surface area contributed by atoms with Gasteiger partial charge in [0.2, 0.25) is 0 Å². The van der Waals surface area contributed by atoms with Gasteiger partial charge in [-0.2, -0.15) is 0 Å². The molecule has 0 saturated carbocycles. The van der Waals surface area contributed by atoms with Gasteiger partial charge in [0.05, 0.1) is 12.2 Å². The van der Waals surface area contributed by atoms with E-state index in [2.05, 4.69) is 0 Å². The maximum Gasteiger partial charge on any atom is 0.342 e. The van der Waals surface area contributed by atoms with Gasteiger partial charge in [0.15, 0.2) is 0 Å². The Bertz CT molecular complexity index is 961. The Kier molecular flexibility index (Phi) is 4.31. The van der Waals surface area contributed by atoms with Gasteiger partial charge in [0, 0.05) is 11.2 Å². The van der Waals surface area contributed by atoms with Crippen molar-refractivity contribution in [3.05, 3.63) is 81.2 Å². The van der Waals surface area contributed by atoms with E-state index in [0.29, 0.717) is 10.7 Å². The Morgan fingerprint density at radius 1 is 1.12 bits per heavy atom. The van der Waals surface area contributed by atoms with Gasteiger partial charge in [0.25, 0.3) is 5.56 Å². The molecule has 24 heavy (non-hydrogen) atoms. The van der Waals surface area contributed by atoms with Gasteiger partial charge < -0.3 is 5.11 Å². The fourth-order valence-electron chi connectivity index (χ4n) is 2.51. The monoisotopic (exact) mass is 340 g/mol. The lowest BCUT2D eigenvalue weighted by Gasteiger charge is -2.13. The zero-order chi connectivity index (χ0) is 17.3. The first-order chi connectivity index (χ1) is 11.5. The highest BCUT2D eigenvalue weighted by Gasteiger charge is 2.18. The Morgan fingerprint density at radius 2 is 1.79 bits per heavy atom. The summed E-state index contributed by atoms with van der Waals surface area (Å²) in [4.78, 5) is 23.9. The third kappa shape index (κ3) is 3.01. The molecule has 1 aromatic heterocycles. The normalized spacial score (nSPS) is 10.7. The van der Waals surface area contributed by atoms with Crippen LogP contribution in [0.3, 0.4) is 0 Å². The van der Waals surface area contributed by atoms with Crippen LogP contribution in [0, 0.1) is 0 Å². The van der Waals surface area contributed by atoms with Gasteiger partial charge in [-0.25, -0.2) is 9.48 Å². The van der Waals surface area contributed by atoms with Gasteiger partial charge in [-0.3, -0.25) is 9.48 Å². The zero-order valence-corrected chi connectivity index (χ0v) is 13.7. The van der Waals surface area contributed by atoms with E-state index in [4.69, 9.17) is 11.6 Å². The molecule has 1 N–H and O–H groups in total. The standard InChI is InChI=1S/C17H14BClN2O3/c18-12-5-7-13(8-6-12)21-16(22)14(17(23)24)10-20(21)9-11-3-1-2-4-15(11)19/h1-8,10H,9,18H2,(H,23,24). The van der Waals surface area contributed by atoms with Crippen LogP contribution in [0.2, 0.25) is 5.02 Å². The lowest BCUT2D eigenvalue weighted by molar-refractivity contribution is 0.0695. The molecule has 1 heterocycles. The van der Waals surface area contributed by atoms with Gasteiger partial charge in [-0.15, -0.1) is 0 Å². The SMILES string of the molecule is Bc1ccc(-n2c(=O)c(C(=O)O)cn2Cc2ccccc2Cl)cc1. The predicted octanol–water partition coefficient (Wildman–Crippen LogP) is 1.30. The molecule has 5 nitrogen and oxygen atoms in total. The average molecular weight is 341 g/mol. The summed E-state index contributed by atoms with van der Waals surface area (Å²) in [7, 11) is 1.94. The molecule has 0 saturated heterocycles. The minimum Gasteiger partial charge on any atom is -0.477 e. The molecule has 0 spiro atoms. The number of benzene rings is 2. The van der Waals surface area contributed by atoms with Crippen molar-refractivity contribution in [3.8, 4) is 5.69 Å². The number of carboxylic acids is 1. The van der Waals surface area contributed by atoms with Crippen LogP contribution in [0.1, 0.15) is 15.9 Å². The van der Waals surface area contributed by atoms with Crippen molar-refractivity contribution in [1.82, 2.24) is 9.36 Å². The van der Waals surface area contributed by atoms with Crippen molar-refractivity contribution in [3.63, 3.8) is 0 Å². The number of aromatic nitrogens is 2. The molecule has 0 aliphatic rings. The van der Waals surface area contributed by atoms with Crippen LogP contribution < -0.4 is 11.0 Å². The predicted molar refractivity (Wildman–Crippen MR) is 95.7 cm³/mol. The molecular formula is C17H14BClN2O3. The number of rotatable bonds is 4. The maximum atomic E-state index is 12.5. The van der Waals surface area contributed by atoms with Crippen molar-refractivity contribution in [2.75, 3.05) is 0 Å². The Balaban J connectivity index is 2.16. The van der Waals surface area contributed by atoms with Crippen molar-refractivity contribution >= 4 is 30.9 Å². The second-order valence-electron chi connectivity index (χ2n) is 5.49. The lowest BCUT2D eigenvalue weighted by Crippen LogP contribution is -2.24. The topological polar surface area (TPSA) is 64.2 Å². The van der Waals surface area contributed by atoms with E-state index in [1.807, 2.05) is 38.2 Å². The Labute approximate surface area is 144 Å². The smallest absolute Gasteiger partial charge is 0.342 e. The number of aromatic carboxylic acids is 1. The molecule has 0 unspecified atom stereocenters. The number of nitrogens with zero attached hydrogens (tertiary/aromatic N) is 2. The summed E-state index contributed by atoms with van der Waals surface area (Å²) < 4.78 is 2.92. The van der Waals surface area contributed by atoms with E-state index < -0.39 is 11.5 Å². The second kappa shape index (κ2) is 6.41. The molecule has 0 atom stereocenters. The number of hydrogen-bond acceptors (Lipinski definition) is 2. The quantitative estimate of drug-likeness (QED) is 0.728.